The molecular weight excluding hydrogens is 504 g/mol. The maximum absolute atomic E-state index is 6.31. The monoisotopic (exact) mass is 546 g/mol. The van der Waals surface area contributed by atoms with E-state index in [2.05, 4.69) is 38.8 Å². The van der Waals surface area contributed by atoms with Crippen molar-refractivity contribution in [3.05, 3.63) is 42.2 Å². The van der Waals surface area contributed by atoms with Gasteiger partial charge in [-0.05, 0) is 48.5 Å². The fourth-order valence-corrected chi connectivity index (χ4v) is 5.08. The van der Waals surface area contributed by atoms with Gasteiger partial charge in [0, 0.05) is 18.9 Å². The van der Waals surface area contributed by atoms with Gasteiger partial charge in [0.1, 0.15) is 36.8 Å². The van der Waals surface area contributed by atoms with E-state index < -0.39 is 8.32 Å². The van der Waals surface area contributed by atoms with Crippen LogP contribution in [0.5, 0.6) is 5.75 Å². The standard InChI is InChI=1S/C28H42N2O7Si/c1-28(2,3)38(5,6)37-17-21-11-12-29-27(30-21)20-7-9-22(10-8-20)33-15-13-32-14-16-34-24-19-36-25-23(31-4)18-35-26(24)25/h7-12,23-26H,13-19H2,1-6H3/t23-,24-,25-,26-/m1/s1. The second kappa shape index (κ2) is 13.0. The lowest BCUT2D eigenvalue weighted by Gasteiger charge is -2.36. The van der Waals surface area contributed by atoms with Crippen LogP contribution in [-0.2, 0) is 34.7 Å². The first-order valence-corrected chi connectivity index (χ1v) is 16.2. The van der Waals surface area contributed by atoms with Crippen LogP contribution in [0.3, 0.4) is 0 Å². The number of benzene rings is 1. The summed E-state index contributed by atoms with van der Waals surface area (Å²) in [5.74, 6) is 1.45. The molecular formula is C28H42N2O7Si. The molecule has 3 heterocycles. The minimum atomic E-state index is -1.84. The third-order valence-corrected chi connectivity index (χ3v) is 12.0. The number of ether oxygens (including phenoxy) is 6. The Kier molecular flexibility index (Phi) is 9.91. The molecule has 0 amide bonds. The molecule has 0 saturated carbocycles. The average Bonchev–Trinajstić information content (AvgIpc) is 3.49. The van der Waals surface area contributed by atoms with Gasteiger partial charge in [0.15, 0.2) is 14.1 Å². The number of methoxy groups -OCH3 is 1. The summed E-state index contributed by atoms with van der Waals surface area (Å²) >= 11 is 0. The zero-order valence-corrected chi connectivity index (χ0v) is 24.5. The molecule has 1 aromatic carbocycles. The van der Waals surface area contributed by atoms with E-state index in [1.807, 2.05) is 30.3 Å². The first-order valence-electron chi connectivity index (χ1n) is 13.3. The van der Waals surface area contributed by atoms with Crippen LogP contribution in [0.4, 0.5) is 0 Å². The Labute approximate surface area is 227 Å². The van der Waals surface area contributed by atoms with Crippen LogP contribution in [-0.4, -0.2) is 89.5 Å². The molecule has 38 heavy (non-hydrogen) atoms. The molecule has 0 radical (unpaired) electrons. The molecule has 0 spiro atoms. The van der Waals surface area contributed by atoms with E-state index in [9.17, 15) is 0 Å². The van der Waals surface area contributed by atoms with Gasteiger partial charge in [0.05, 0.1) is 45.3 Å². The number of aromatic nitrogens is 2. The quantitative estimate of drug-likeness (QED) is 0.270. The van der Waals surface area contributed by atoms with Gasteiger partial charge in [-0.15, -0.1) is 0 Å². The van der Waals surface area contributed by atoms with E-state index in [1.54, 1.807) is 13.3 Å². The van der Waals surface area contributed by atoms with E-state index in [4.69, 9.17) is 37.8 Å². The number of rotatable bonds is 13. The molecule has 2 saturated heterocycles. The van der Waals surface area contributed by atoms with E-state index in [1.165, 1.54) is 0 Å². The van der Waals surface area contributed by atoms with Crippen LogP contribution in [0.2, 0.25) is 18.1 Å². The molecule has 0 unspecified atom stereocenters. The van der Waals surface area contributed by atoms with E-state index in [0.717, 1.165) is 17.0 Å². The smallest absolute Gasteiger partial charge is 0.192 e. The highest BCUT2D eigenvalue weighted by molar-refractivity contribution is 6.74. The molecule has 2 aliphatic heterocycles. The highest BCUT2D eigenvalue weighted by Crippen LogP contribution is 2.37. The summed E-state index contributed by atoms with van der Waals surface area (Å²) in [7, 11) is -0.160. The van der Waals surface area contributed by atoms with Gasteiger partial charge in [-0.3, -0.25) is 0 Å². The maximum Gasteiger partial charge on any atom is 0.192 e. The predicted molar refractivity (Wildman–Crippen MR) is 146 cm³/mol. The second-order valence-corrected chi connectivity index (χ2v) is 16.0. The Morgan fingerprint density at radius 1 is 0.921 bits per heavy atom. The van der Waals surface area contributed by atoms with Gasteiger partial charge in [-0.1, -0.05) is 20.8 Å². The zero-order valence-electron chi connectivity index (χ0n) is 23.5. The molecule has 4 rings (SSSR count). The molecule has 210 valence electrons. The Hall–Kier alpha value is -1.92. The third kappa shape index (κ3) is 7.38. The van der Waals surface area contributed by atoms with Gasteiger partial charge < -0.3 is 32.8 Å². The Morgan fingerprint density at radius 3 is 2.32 bits per heavy atom. The maximum atomic E-state index is 6.31. The predicted octanol–water partition coefficient (Wildman–Crippen LogP) is 4.26. The number of fused-ring (bicyclic) bond motifs is 1. The summed E-state index contributed by atoms with van der Waals surface area (Å²) in [5, 5.41) is 0.158. The minimum Gasteiger partial charge on any atom is -0.491 e. The normalized spacial score (nSPS) is 23.5. The third-order valence-electron chi connectivity index (χ3n) is 7.53. The van der Waals surface area contributed by atoms with Crippen LogP contribution in [0.1, 0.15) is 26.5 Å². The lowest BCUT2D eigenvalue weighted by atomic mass is 10.1. The largest absolute Gasteiger partial charge is 0.491 e. The van der Waals surface area contributed by atoms with Crippen molar-refractivity contribution in [2.24, 2.45) is 0 Å². The molecule has 10 heteroatoms. The average molecular weight is 547 g/mol. The van der Waals surface area contributed by atoms with Crippen molar-refractivity contribution in [3.63, 3.8) is 0 Å². The SMILES string of the molecule is CO[C@@H]1CO[C@H]2[C@@H]1OC[C@H]2OCCOCCOc1ccc(-c2nccc(CO[Si](C)(C)C(C)(C)C)n2)cc1. The van der Waals surface area contributed by atoms with Gasteiger partial charge >= 0.3 is 0 Å². The van der Waals surface area contributed by atoms with Crippen LogP contribution in [0.15, 0.2) is 36.5 Å². The van der Waals surface area contributed by atoms with Crippen LogP contribution in [0.25, 0.3) is 11.4 Å². The second-order valence-electron chi connectivity index (χ2n) is 11.2. The van der Waals surface area contributed by atoms with Crippen LogP contribution in [0, 0.1) is 0 Å². The van der Waals surface area contributed by atoms with Crippen LogP contribution < -0.4 is 4.74 Å². The first kappa shape index (κ1) is 29.1. The fourth-order valence-electron chi connectivity index (χ4n) is 4.14. The van der Waals surface area contributed by atoms with E-state index in [0.29, 0.717) is 52.1 Å². The Morgan fingerprint density at radius 2 is 1.61 bits per heavy atom. The van der Waals surface area contributed by atoms with Crippen molar-refractivity contribution < 1.29 is 32.8 Å². The summed E-state index contributed by atoms with van der Waals surface area (Å²) < 4.78 is 40.6. The van der Waals surface area contributed by atoms with Gasteiger partial charge in [-0.25, -0.2) is 9.97 Å². The first-order chi connectivity index (χ1) is 18.2. The number of nitrogens with zero attached hydrogens (tertiary/aromatic N) is 2. The summed E-state index contributed by atoms with van der Waals surface area (Å²) in [6.07, 6.45) is 1.60. The van der Waals surface area contributed by atoms with Crippen molar-refractivity contribution in [1.82, 2.24) is 9.97 Å². The molecule has 0 bridgehead atoms. The summed E-state index contributed by atoms with van der Waals surface area (Å²) in [6.45, 7) is 14.6. The molecule has 0 aliphatic carbocycles. The van der Waals surface area contributed by atoms with Crippen molar-refractivity contribution in [1.29, 1.82) is 0 Å². The summed E-state index contributed by atoms with van der Waals surface area (Å²) in [5.41, 5.74) is 1.82. The fraction of sp³-hybridized carbons (Fsp3) is 0.643. The topological polar surface area (TPSA) is 90.4 Å². The van der Waals surface area contributed by atoms with Crippen LogP contribution >= 0.6 is 0 Å². The molecule has 0 N–H and O–H groups in total. The zero-order chi connectivity index (χ0) is 27.2. The highest BCUT2D eigenvalue weighted by atomic mass is 28.4. The minimum absolute atomic E-state index is 0.0132. The molecule has 1 aromatic heterocycles. The van der Waals surface area contributed by atoms with E-state index >= 15 is 0 Å². The number of hydrogen-bond acceptors (Lipinski definition) is 9. The molecule has 4 atom stereocenters. The molecule has 9 nitrogen and oxygen atoms in total. The van der Waals surface area contributed by atoms with Crippen molar-refractivity contribution in [3.8, 4) is 17.1 Å². The molecule has 2 aromatic rings. The van der Waals surface area contributed by atoms with E-state index in [-0.39, 0.29) is 29.5 Å². The summed E-state index contributed by atoms with van der Waals surface area (Å²) in [4.78, 5) is 9.15. The lowest BCUT2D eigenvalue weighted by Crippen LogP contribution is -2.40. The van der Waals surface area contributed by atoms with Crippen molar-refractivity contribution in [2.75, 3.05) is 46.8 Å². The van der Waals surface area contributed by atoms with Gasteiger partial charge in [0.2, 0.25) is 0 Å². The lowest BCUT2D eigenvalue weighted by molar-refractivity contribution is -0.0571. The molecule has 2 fully saturated rings. The highest BCUT2D eigenvalue weighted by Gasteiger charge is 2.48. The van der Waals surface area contributed by atoms with Gasteiger partial charge in [-0.2, -0.15) is 0 Å². The Balaban J connectivity index is 1.14. The van der Waals surface area contributed by atoms with Crippen molar-refractivity contribution >= 4 is 8.32 Å². The summed E-state index contributed by atoms with van der Waals surface area (Å²) in [6, 6.07) is 9.69. The molecule has 2 aliphatic rings. The number of hydrogen-bond donors (Lipinski definition) is 0. The van der Waals surface area contributed by atoms with Gasteiger partial charge in [0.25, 0.3) is 0 Å². The van der Waals surface area contributed by atoms with Crippen molar-refractivity contribution in [2.45, 2.75) is 69.9 Å². The Bertz CT molecular complexity index is 1020.